The average Bonchev–Trinajstić information content (AvgIpc) is 2.84. The Balaban J connectivity index is 2.14. The average molecular weight is 333 g/mol. The van der Waals surface area contributed by atoms with E-state index in [-0.39, 0.29) is 17.2 Å². The fourth-order valence-electron chi connectivity index (χ4n) is 2.67. The lowest BCUT2D eigenvalue weighted by atomic mass is 10.1. The molecule has 1 aromatic rings. The highest BCUT2D eigenvalue weighted by molar-refractivity contribution is 6.74. The maximum absolute atomic E-state index is 9.25. The van der Waals surface area contributed by atoms with E-state index < -0.39 is 8.32 Å². The van der Waals surface area contributed by atoms with Crippen molar-refractivity contribution in [2.45, 2.75) is 70.3 Å². The highest BCUT2D eigenvalue weighted by atomic mass is 28.4. The van der Waals surface area contributed by atoms with Gasteiger partial charge in [0.1, 0.15) is 11.9 Å². The second-order valence-electron chi connectivity index (χ2n) is 7.86. The van der Waals surface area contributed by atoms with E-state index in [1.54, 1.807) is 6.07 Å². The van der Waals surface area contributed by atoms with Crippen molar-refractivity contribution in [3.63, 3.8) is 0 Å². The Hall–Kier alpha value is -1.58. The zero-order valence-corrected chi connectivity index (χ0v) is 15.8. The van der Waals surface area contributed by atoms with Gasteiger partial charge in [-0.1, -0.05) is 20.8 Å². The van der Waals surface area contributed by atoms with E-state index in [1.807, 2.05) is 0 Å². The lowest BCUT2D eigenvalue weighted by Gasteiger charge is -2.40. The third-order valence-electron chi connectivity index (χ3n) is 5.09. The Morgan fingerprint density at radius 3 is 2.70 bits per heavy atom. The number of hydrogen-bond donors (Lipinski definition) is 2. The fourth-order valence-corrected chi connectivity index (χ4v) is 4.06. The van der Waals surface area contributed by atoms with Crippen LogP contribution in [-0.2, 0) is 4.43 Å². The van der Waals surface area contributed by atoms with Crippen LogP contribution in [0.4, 0.5) is 11.5 Å². The maximum atomic E-state index is 9.25. The number of anilines is 2. The first-order chi connectivity index (χ1) is 10.6. The molecule has 6 heteroatoms. The predicted molar refractivity (Wildman–Crippen MR) is 96.7 cm³/mol. The summed E-state index contributed by atoms with van der Waals surface area (Å²) in [4.78, 5) is 3.99. The summed E-state index contributed by atoms with van der Waals surface area (Å²) < 4.78 is 6.60. The minimum atomic E-state index is -1.80. The number of pyridine rings is 1. The summed E-state index contributed by atoms with van der Waals surface area (Å²) >= 11 is 0. The van der Waals surface area contributed by atoms with Crippen molar-refractivity contribution in [1.29, 1.82) is 5.26 Å². The first kappa shape index (κ1) is 17.8. The van der Waals surface area contributed by atoms with Gasteiger partial charge in [0.2, 0.25) is 0 Å². The van der Waals surface area contributed by atoms with Gasteiger partial charge in [-0.3, -0.25) is 0 Å². The van der Waals surface area contributed by atoms with Gasteiger partial charge in [-0.25, -0.2) is 4.98 Å². The SMILES string of the molecule is CC(C)(C)[Si](C)(C)OC1CCCC1Nc1cc(N)ncc1C#N. The van der Waals surface area contributed by atoms with E-state index in [0.29, 0.717) is 11.4 Å². The molecule has 0 spiro atoms. The molecule has 1 heterocycles. The predicted octanol–water partition coefficient (Wildman–Crippen LogP) is 3.89. The Kier molecular flexibility index (Phi) is 5.02. The molecule has 2 atom stereocenters. The molecule has 0 saturated heterocycles. The van der Waals surface area contributed by atoms with Gasteiger partial charge in [0.15, 0.2) is 8.32 Å². The van der Waals surface area contributed by atoms with Gasteiger partial charge in [-0.05, 0) is 37.4 Å². The third-order valence-corrected chi connectivity index (χ3v) is 9.60. The van der Waals surface area contributed by atoms with Crippen LogP contribution in [0.15, 0.2) is 12.3 Å². The summed E-state index contributed by atoms with van der Waals surface area (Å²) in [7, 11) is -1.80. The summed E-state index contributed by atoms with van der Waals surface area (Å²) in [6.07, 6.45) is 4.96. The van der Waals surface area contributed by atoms with Crippen molar-refractivity contribution in [3.8, 4) is 6.07 Å². The summed E-state index contributed by atoms with van der Waals surface area (Å²) in [5, 5.41) is 12.9. The normalized spacial score (nSPS) is 21.9. The van der Waals surface area contributed by atoms with E-state index in [9.17, 15) is 5.26 Å². The molecular weight excluding hydrogens is 304 g/mol. The van der Waals surface area contributed by atoms with Crippen LogP contribution in [-0.4, -0.2) is 25.4 Å². The Morgan fingerprint density at radius 1 is 1.39 bits per heavy atom. The Morgan fingerprint density at radius 2 is 2.09 bits per heavy atom. The monoisotopic (exact) mass is 332 g/mol. The standard InChI is InChI=1S/C17H28N4OSi/c1-17(2,3)23(4,5)22-15-8-6-7-13(15)21-14-9-16(19)20-11-12(14)10-18/h9,11,13,15H,6-8H2,1-5H3,(H3,19,20,21). The Labute approximate surface area is 140 Å². The molecule has 5 nitrogen and oxygen atoms in total. The van der Waals surface area contributed by atoms with E-state index >= 15 is 0 Å². The molecule has 2 rings (SSSR count). The molecule has 23 heavy (non-hydrogen) atoms. The number of nitrogens with zero attached hydrogens (tertiary/aromatic N) is 2. The molecule has 1 aromatic heterocycles. The lowest BCUT2D eigenvalue weighted by Crippen LogP contribution is -2.47. The lowest BCUT2D eigenvalue weighted by molar-refractivity contribution is 0.177. The molecule has 0 amide bonds. The van der Waals surface area contributed by atoms with Crippen LogP contribution in [0, 0.1) is 11.3 Å². The van der Waals surface area contributed by atoms with Crippen molar-refractivity contribution in [2.24, 2.45) is 0 Å². The van der Waals surface area contributed by atoms with Gasteiger partial charge in [0.05, 0.1) is 23.4 Å². The number of hydrogen-bond acceptors (Lipinski definition) is 5. The van der Waals surface area contributed by atoms with Crippen molar-refractivity contribution in [1.82, 2.24) is 4.98 Å². The van der Waals surface area contributed by atoms with E-state index in [2.05, 4.69) is 50.2 Å². The second kappa shape index (κ2) is 6.50. The zero-order valence-electron chi connectivity index (χ0n) is 14.8. The number of nitrogen functional groups attached to an aromatic ring is 1. The van der Waals surface area contributed by atoms with Crippen LogP contribution in [0.5, 0.6) is 0 Å². The number of nitrogens with one attached hydrogen (secondary N) is 1. The largest absolute Gasteiger partial charge is 0.412 e. The van der Waals surface area contributed by atoms with Gasteiger partial charge in [0, 0.05) is 12.3 Å². The topological polar surface area (TPSA) is 84.0 Å². The van der Waals surface area contributed by atoms with Crippen molar-refractivity contribution >= 4 is 19.8 Å². The summed E-state index contributed by atoms with van der Waals surface area (Å²) in [5.41, 5.74) is 7.05. The number of aromatic nitrogens is 1. The minimum absolute atomic E-state index is 0.192. The highest BCUT2D eigenvalue weighted by Gasteiger charge is 2.42. The van der Waals surface area contributed by atoms with Crippen LogP contribution in [0.3, 0.4) is 0 Å². The van der Waals surface area contributed by atoms with Crippen LogP contribution in [0.2, 0.25) is 18.1 Å². The van der Waals surface area contributed by atoms with Crippen molar-refractivity contribution in [3.05, 3.63) is 17.8 Å². The molecule has 0 aliphatic heterocycles. The van der Waals surface area contributed by atoms with Crippen LogP contribution < -0.4 is 11.1 Å². The molecule has 0 aromatic carbocycles. The third kappa shape index (κ3) is 4.04. The second-order valence-corrected chi connectivity index (χ2v) is 12.6. The van der Waals surface area contributed by atoms with Gasteiger partial charge < -0.3 is 15.5 Å². The van der Waals surface area contributed by atoms with Gasteiger partial charge in [0.25, 0.3) is 0 Å². The van der Waals surface area contributed by atoms with E-state index in [4.69, 9.17) is 10.2 Å². The molecule has 1 aliphatic rings. The number of nitriles is 1. The van der Waals surface area contributed by atoms with Gasteiger partial charge in [-0.2, -0.15) is 5.26 Å². The first-order valence-electron chi connectivity index (χ1n) is 8.24. The fraction of sp³-hybridized carbons (Fsp3) is 0.647. The molecule has 126 valence electrons. The highest BCUT2D eigenvalue weighted by Crippen LogP contribution is 2.40. The molecule has 3 N–H and O–H groups in total. The van der Waals surface area contributed by atoms with Gasteiger partial charge in [-0.15, -0.1) is 0 Å². The summed E-state index contributed by atoms with van der Waals surface area (Å²) in [5.74, 6) is 0.423. The van der Waals surface area contributed by atoms with Crippen LogP contribution in [0.25, 0.3) is 0 Å². The van der Waals surface area contributed by atoms with E-state index in [1.165, 1.54) is 6.20 Å². The quantitative estimate of drug-likeness (QED) is 0.817. The summed E-state index contributed by atoms with van der Waals surface area (Å²) in [6.45, 7) is 11.3. The molecule has 1 fully saturated rings. The molecule has 2 unspecified atom stereocenters. The maximum Gasteiger partial charge on any atom is 0.192 e. The van der Waals surface area contributed by atoms with Crippen molar-refractivity contribution in [2.75, 3.05) is 11.1 Å². The van der Waals surface area contributed by atoms with Crippen LogP contribution in [0.1, 0.15) is 45.6 Å². The van der Waals surface area contributed by atoms with Gasteiger partial charge >= 0.3 is 0 Å². The molecular formula is C17H28N4OSi. The van der Waals surface area contributed by atoms with Crippen molar-refractivity contribution < 1.29 is 4.43 Å². The first-order valence-corrected chi connectivity index (χ1v) is 11.1. The minimum Gasteiger partial charge on any atom is -0.412 e. The number of rotatable bonds is 4. The smallest absolute Gasteiger partial charge is 0.192 e. The Bertz CT molecular complexity index is 604. The zero-order chi connectivity index (χ0) is 17.3. The summed E-state index contributed by atoms with van der Waals surface area (Å²) in [6, 6.07) is 4.13. The molecule has 1 aliphatic carbocycles. The van der Waals surface area contributed by atoms with E-state index in [0.717, 1.165) is 24.9 Å². The molecule has 1 saturated carbocycles. The van der Waals surface area contributed by atoms with Crippen LogP contribution >= 0.6 is 0 Å². The number of nitrogens with two attached hydrogens (primary N) is 1. The molecule has 0 radical (unpaired) electrons. The molecule has 0 bridgehead atoms.